The van der Waals surface area contributed by atoms with Crippen LogP contribution in [-0.4, -0.2) is 5.75 Å². The van der Waals surface area contributed by atoms with Crippen molar-refractivity contribution >= 4 is 17.4 Å². The van der Waals surface area contributed by atoms with Crippen LogP contribution in [0.2, 0.25) is 0 Å². The Morgan fingerprint density at radius 1 is 1.11 bits per heavy atom. The number of benzene rings is 2. The fraction of sp³-hybridized carbons (Fsp3) is 0.176. The van der Waals surface area contributed by atoms with Crippen LogP contribution >= 0.6 is 11.8 Å². The fourth-order valence-electron chi connectivity index (χ4n) is 1.92. The molecule has 0 fully saturated rings. The number of thioether (sulfide) groups is 1. The molecule has 0 amide bonds. The lowest BCUT2D eigenvalue weighted by Crippen LogP contribution is -2.07. The Hall–Kier alpha value is -1.67. The highest BCUT2D eigenvalue weighted by Gasteiger charge is 2.07. The summed E-state index contributed by atoms with van der Waals surface area (Å²) in [6.45, 7) is 5.96. The van der Waals surface area contributed by atoms with Crippen LogP contribution in [0.4, 0.5) is 5.69 Å². The quantitative estimate of drug-likeness (QED) is 0.576. The average Bonchev–Trinajstić information content (AvgIpc) is 2.47. The zero-order valence-electron chi connectivity index (χ0n) is 11.2. The number of hydrogen-bond donors (Lipinski definition) is 1. The summed E-state index contributed by atoms with van der Waals surface area (Å²) >= 11 is 1.80. The third kappa shape index (κ3) is 3.90. The van der Waals surface area contributed by atoms with E-state index in [-0.39, 0.29) is 0 Å². The molecule has 1 unspecified atom stereocenters. The number of hydrogen-bond acceptors (Lipinski definition) is 2. The van der Waals surface area contributed by atoms with Crippen LogP contribution in [0, 0.1) is 0 Å². The lowest BCUT2D eigenvalue weighted by atomic mass is 10.1. The van der Waals surface area contributed by atoms with E-state index in [4.69, 9.17) is 0 Å². The van der Waals surface area contributed by atoms with Crippen molar-refractivity contribution in [3.05, 3.63) is 72.8 Å². The van der Waals surface area contributed by atoms with E-state index >= 15 is 0 Å². The molecule has 1 nitrogen and oxygen atoms in total. The molecule has 2 rings (SSSR count). The molecule has 2 heteroatoms. The molecule has 0 aliphatic rings. The predicted octanol–water partition coefficient (Wildman–Crippen LogP) is 5.14. The van der Waals surface area contributed by atoms with Crippen LogP contribution in [0.25, 0.3) is 0 Å². The summed E-state index contributed by atoms with van der Waals surface area (Å²) in [5.74, 6) is 0.929. The Morgan fingerprint density at radius 2 is 1.79 bits per heavy atom. The normalized spacial score (nSPS) is 11.8. The molecule has 0 saturated carbocycles. The van der Waals surface area contributed by atoms with Crippen LogP contribution in [0.1, 0.15) is 18.5 Å². The van der Waals surface area contributed by atoms with Crippen molar-refractivity contribution in [2.75, 3.05) is 11.1 Å². The van der Waals surface area contributed by atoms with Gasteiger partial charge < -0.3 is 5.32 Å². The molecular weight excluding hydrogens is 250 g/mol. The van der Waals surface area contributed by atoms with Crippen LogP contribution in [0.3, 0.4) is 0 Å². The summed E-state index contributed by atoms with van der Waals surface area (Å²) in [5, 5.41) is 3.58. The number of nitrogens with one attached hydrogen (secondary N) is 1. The van der Waals surface area contributed by atoms with Crippen molar-refractivity contribution in [2.45, 2.75) is 17.9 Å². The zero-order valence-corrected chi connectivity index (χ0v) is 12.0. The third-order valence-corrected chi connectivity index (χ3v) is 3.98. The van der Waals surface area contributed by atoms with Gasteiger partial charge in [-0.2, -0.15) is 0 Å². The summed E-state index contributed by atoms with van der Waals surface area (Å²) < 4.78 is 0. The summed E-state index contributed by atoms with van der Waals surface area (Å²) in [6, 6.07) is 19.2. The highest BCUT2D eigenvalue weighted by atomic mass is 32.2. The maximum absolute atomic E-state index is 3.77. The van der Waals surface area contributed by atoms with Gasteiger partial charge in [0.05, 0.1) is 0 Å². The van der Waals surface area contributed by atoms with Crippen molar-refractivity contribution in [1.29, 1.82) is 0 Å². The second-order valence-electron chi connectivity index (χ2n) is 4.37. The molecule has 0 aromatic heterocycles. The van der Waals surface area contributed by atoms with Crippen molar-refractivity contribution in [3.63, 3.8) is 0 Å². The summed E-state index contributed by atoms with van der Waals surface area (Å²) in [7, 11) is 0. The molecule has 1 N–H and O–H groups in total. The Bertz CT molecular complexity index is 522. The second-order valence-corrected chi connectivity index (χ2v) is 5.43. The maximum atomic E-state index is 3.77. The highest BCUT2D eigenvalue weighted by Crippen LogP contribution is 2.29. The molecule has 2 aromatic carbocycles. The Kier molecular flexibility index (Phi) is 5.10. The first-order valence-electron chi connectivity index (χ1n) is 6.45. The van der Waals surface area contributed by atoms with Gasteiger partial charge in [-0.15, -0.1) is 18.3 Å². The van der Waals surface area contributed by atoms with Crippen molar-refractivity contribution in [1.82, 2.24) is 0 Å². The van der Waals surface area contributed by atoms with E-state index in [9.17, 15) is 0 Å². The summed E-state index contributed by atoms with van der Waals surface area (Å²) in [6.07, 6.45) is 1.93. The molecule has 0 saturated heterocycles. The van der Waals surface area contributed by atoms with Gasteiger partial charge in [0.15, 0.2) is 0 Å². The van der Waals surface area contributed by atoms with Crippen LogP contribution in [0.5, 0.6) is 0 Å². The highest BCUT2D eigenvalue weighted by molar-refractivity contribution is 7.99. The van der Waals surface area contributed by atoms with E-state index in [0.717, 1.165) is 5.75 Å². The van der Waals surface area contributed by atoms with Crippen LogP contribution < -0.4 is 5.32 Å². The van der Waals surface area contributed by atoms with Gasteiger partial charge in [0.2, 0.25) is 0 Å². The zero-order chi connectivity index (χ0) is 13.5. The molecule has 0 radical (unpaired) electrons. The largest absolute Gasteiger partial charge is 0.378 e. The predicted molar refractivity (Wildman–Crippen MR) is 85.8 cm³/mol. The van der Waals surface area contributed by atoms with E-state index in [1.54, 1.807) is 11.8 Å². The second kappa shape index (κ2) is 7.05. The number of para-hydroxylation sites is 1. The standard InChI is InChI=1S/C17H19NS/c1-3-13-19-17-12-8-7-11-16(17)18-14(2)15-9-5-4-6-10-15/h3-12,14,18H,1,13H2,2H3. The average molecular weight is 269 g/mol. The first-order chi connectivity index (χ1) is 9.31. The van der Waals surface area contributed by atoms with Gasteiger partial charge in [0, 0.05) is 22.4 Å². The molecule has 0 bridgehead atoms. The van der Waals surface area contributed by atoms with Gasteiger partial charge >= 0.3 is 0 Å². The minimum Gasteiger partial charge on any atom is -0.378 e. The molecule has 0 aliphatic carbocycles. The first-order valence-corrected chi connectivity index (χ1v) is 7.44. The lowest BCUT2D eigenvalue weighted by molar-refractivity contribution is 0.879. The summed E-state index contributed by atoms with van der Waals surface area (Å²) in [5.41, 5.74) is 2.48. The molecule has 0 aliphatic heterocycles. The monoisotopic (exact) mass is 269 g/mol. The number of anilines is 1. The molecule has 1 atom stereocenters. The lowest BCUT2D eigenvalue weighted by Gasteiger charge is -2.18. The van der Waals surface area contributed by atoms with E-state index in [0.29, 0.717) is 6.04 Å². The smallest absolute Gasteiger partial charge is 0.0486 e. The van der Waals surface area contributed by atoms with Gasteiger partial charge in [-0.05, 0) is 24.6 Å². The number of rotatable bonds is 6. The van der Waals surface area contributed by atoms with Crippen molar-refractivity contribution < 1.29 is 0 Å². The van der Waals surface area contributed by atoms with Gasteiger partial charge in [0.1, 0.15) is 0 Å². The Balaban J connectivity index is 2.12. The SMILES string of the molecule is C=CCSc1ccccc1NC(C)c1ccccc1. The van der Waals surface area contributed by atoms with E-state index in [2.05, 4.69) is 67.4 Å². The van der Waals surface area contributed by atoms with Crippen LogP contribution in [0.15, 0.2) is 72.1 Å². The summed E-state index contributed by atoms with van der Waals surface area (Å²) in [4.78, 5) is 1.27. The minimum absolute atomic E-state index is 0.298. The molecule has 0 heterocycles. The van der Waals surface area contributed by atoms with Gasteiger partial charge in [-0.3, -0.25) is 0 Å². The van der Waals surface area contributed by atoms with Crippen molar-refractivity contribution in [2.24, 2.45) is 0 Å². The molecule has 19 heavy (non-hydrogen) atoms. The van der Waals surface area contributed by atoms with Gasteiger partial charge in [-0.1, -0.05) is 48.5 Å². The molecular formula is C17H19NS. The topological polar surface area (TPSA) is 12.0 Å². The molecule has 98 valence electrons. The van der Waals surface area contributed by atoms with E-state index < -0.39 is 0 Å². The first kappa shape index (κ1) is 13.8. The third-order valence-electron chi connectivity index (χ3n) is 2.92. The van der Waals surface area contributed by atoms with E-state index in [1.807, 2.05) is 12.1 Å². The van der Waals surface area contributed by atoms with Crippen molar-refractivity contribution in [3.8, 4) is 0 Å². The van der Waals surface area contributed by atoms with Crippen LogP contribution in [-0.2, 0) is 0 Å². The molecule has 2 aromatic rings. The maximum Gasteiger partial charge on any atom is 0.0486 e. The Morgan fingerprint density at radius 3 is 2.53 bits per heavy atom. The van der Waals surface area contributed by atoms with E-state index in [1.165, 1.54) is 16.1 Å². The fourth-order valence-corrected chi connectivity index (χ4v) is 2.67. The van der Waals surface area contributed by atoms with Gasteiger partial charge in [-0.25, -0.2) is 0 Å². The Labute approximate surface area is 119 Å². The molecule has 0 spiro atoms. The van der Waals surface area contributed by atoms with Gasteiger partial charge in [0.25, 0.3) is 0 Å². The minimum atomic E-state index is 0.298.